The molecule has 0 unspecified atom stereocenters. The van der Waals surface area contributed by atoms with Gasteiger partial charge in [-0.15, -0.1) is 0 Å². The number of phenols is 1. The largest absolute Gasteiger partial charge is 0.507 e. The van der Waals surface area contributed by atoms with Crippen LogP contribution in [-0.2, 0) is 0 Å². The van der Waals surface area contributed by atoms with Crippen LogP contribution < -0.4 is 4.74 Å². The Hall–Kier alpha value is -0.700. The van der Waals surface area contributed by atoms with Crippen molar-refractivity contribution >= 4 is 15.9 Å². The van der Waals surface area contributed by atoms with Crippen LogP contribution in [0.25, 0.3) is 0 Å². The topological polar surface area (TPSA) is 29.5 Å². The van der Waals surface area contributed by atoms with Crippen LogP contribution in [0.3, 0.4) is 0 Å². The van der Waals surface area contributed by atoms with E-state index in [-0.39, 0.29) is 5.75 Å². The van der Waals surface area contributed by atoms with Crippen molar-refractivity contribution in [2.24, 2.45) is 0 Å². The number of benzene rings is 1. The van der Waals surface area contributed by atoms with E-state index in [1.54, 1.807) is 19.2 Å². The van der Waals surface area contributed by atoms with E-state index in [2.05, 4.69) is 29.8 Å². The third kappa shape index (κ3) is 2.15. The van der Waals surface area contributed by atoms with Crippen LogP contribution >= 0.6 is 15.9 Å². The molecular formula is C10H13BrO2. The van der Waals surface area contributed by atoms with Crippen molar-refractivity contribution in [3.8, 4) is 11.5 Å². The number of hydrogen-bond acceptors (Lipinski definition) is 2. The van der Waals surface area contributed by atoms with Gasteiger partial charge in [0.05, 0.1) is 11.6 Å². The molecule has 0 heterocycles. The van der Waals surface area contributed by atoms with Gasteiger partial charge in [-0.25, -0.2) is 0 Å². The molecule has 0 aliphatic heterocycles. The van der Waals surface area contributed by atoms with Crippen molar-refractivity contribution in [3.63, 3.8) is 0 Å². The highest BCUT2D eigenvalue weighted by atomic mass is 79.9. The van der Waals surface area contributed by atoms with Gasteiger partial charge in [0, 0.05) is 5.56 Å². The first kappa shape index (κ1) is 10.4. The number of methoxy groups -OCH3 is 1. The van der Waals surface area contributed by atoms with Gasteiger partial charge >= 0.3 is 0 Å². The van der Waals surface area contributed by atoms with Crippen LogP contribution in [0.1, 0.15) is 25.3 Å². The first-order chi connectivity index (χ1) is 6.06. The van der Waals surface area contributed by atoms with Crippen molar-refractivity contribution in [2.75, 3.05) is 7.11 Å². The maximum absolute atomic E-state index is 9.47. The maximum atomic E-state index is 9.47. The highest BCUT2D eigenvalue weighted by molar-refractivity contribution is 9.10. The Morgan fingerprint density at radius 1 is 1.38 bits per heavy atom. The van der Waals surface area contributed by atoms with Gasteiger partial charge < -0.3 is 9.84 Å². The Balaban J connectivity index is 3.25. The molecular weight excluding hydrogens is 232 g/mol. The summed E-state index contributed by atoms with van der Waals surface area (Å²) in [5, 5.41) is 9.47. The molecule has 0 aromatic heterocycles. The van der Waals surface area contributed by atoms with Crippen molar-refractivity contribution in [2.45, 2.75) is 19.8 Å². The lowest BCUT2D eigenvalue weighted by molar-refractivity contribution is 0.403. The van der Waals surface area contributed by atoms with Gasteiger partial charge in [0.15, 0.2) is 0 Å². The molecule has 0 aliphatic carbocycles. The fourth-order valence-corrected chi connectivity index (χ4v) is 1.51. The average molecular weight is 245 g/mol. The molecule has 1 aromatic rings. The van der Waals surface area contributed by atoms with Gasteiger partial charge in [-0.3, -0.25) is 0 Å². The number of rotatable bonds is 2. The van der Waals surface area contributed by atoms with Crippen LogP contribution in [0.4, 0.5) is 0 Å². The lowest BCUT2D eigenvalue weighted by Gasteiger charge is -2.12. The Morgan fingerprint density at radius 3 is 2.46 bits per heavy atom. The zero-order valence-electron chi connectivity index (χ0n) is 7.97. The molecule has 0 radical (unpaired) electrons. The number of halogens is 1. The summed E-state index contributed by atoms with van der Waals surface area (Å²) in [6.45, 7) is 4.12. The number of aromatic hydroxyl groups is 1. The Kier molecular flexibility index (Phi) is 3.20. The molecule has 72 valence electrons. The zero-order valence-corrected chi connectivity index (χ0v) is 9.55. The first-order valence-corrected chi connectivity index (χ1v) is 4.92. The standard InChI is InChI=1S/C10H13BrO2/c1-6(2)7-4-9(12)8(11)5-10(7)13-3/h4-6,12H,1-3H3. The predicted molar refractivity (Wildman–Crippen MR) is 56.4 cm³/mol. The van der Waals surface area contributed by atoms with Gasteiger partial charge in [-0.2, -0.15) is 0 Å². The second-order valence-corrected chi connectivity index (χ2v) is 4.05. The normalized spacial score (nSPS) is 10.5. The average Bonchev–Trinajstić information content (AvgIpc) is 2.08. The number of phenolic OH excluding ortho intramolecular Hbond substituents is 1. The quantitative estimate of drug-likeness (QED) is 0.866. The summed E-state index contributed by atoms with van der Waals surface area (Å²) in [5.41, 5.74) is 1.02. The third-order valence-electron chi connectivity index (χ3n) is 1.92. The van der Waals surface area contributed by atoms with E-state index in [4.69, 9.17) is 4.74 Å². The maximum Gasteiger partial charge on any atom is 0.130 e. The lowest BCUT2D eigenvalue weighted by Crippen LogP contribution is -1.94. The second-order valence-electron chi connectivity index (χ2n) is 3.20. The van der Waals surface area contributed by atoms with E-state index in [0.29, 0.717) is 10.4 Å². The highest BCUT2D eigenvalue weighted by Crippen LogP contribution is 2.35. The van der Waals surface area contributed by atoms with E-state index in [1.165, 1.54) is 0 Å². The minimum Gasteiger partial charge on any atom is -0.507 e. The van der Waals surface area contributed by atoms with Crippen molar-refractivity contribution in [1.82, 2.24) is 0 Å². The molecule has 1 N–H and O–H groups in total. The minimum absolute atomic E-state index is 0.254. The SMILES string of the molecule is COc1cc(Br)c(O)cc1C(C)C. The summed E-state index contributed by atoms with van der Waals surface area (Å²) < 4.78 is 5.86. The van der Waals surface area contributed by atoms with E-state index >= 15 is 0 Å². The van der Waals surface area contributed by atoms with E-state index in [1.807, 2.05) is 0 Å². The molecule has 0 saturated carbocycles. The molecule has 2 nitrogen and oxygen atoms in total. The smallest absolute Gasteiger partial charge is 0.130 e. The predicted octanol–water partition coefficient (Wildman–Crippen LogP) is 3.29. The summed E-state index contributed by atoms with van der Waals surface area (Å²) in [6, 6.07) is 3.51. The second kappa shape index (κ2) is 4.01. The fraction of sp³-hybridized carbons (Fsp3) is 0.400. The fourth-order valence-electron chi connectivity index (χ4n) is 1.19. The molecule has 0 amide bonds. The van der Waals surface area contributed by atoms with Crippen LogP contribution in [0.15, 0.2) is 16.6 Å². The monoisotopic (exact) mass is 244 g/mol. The van der Waals surface area contributed by atoms with Crippen molar-refractivity contribution < 1.29 is 9.84 Å². The molecule has 0 atom stereocenters. The zero-order chi connectivity index (χ0) is 10.0. The number of hydrogen-bond donors (Lipinski definition) is 1. The van der Waals surface area contributed by atoms with E-state index in [9.17, 15) is 5.11 Å². The molecule has 1 rings (SSSR count). The van der Waals surface area contributed by atoms with Crippen LogP contribution in [-0.4, -0.2) is 12.2 Å². The Labute approximate surface area is 86.7 Å². The van der Waals surface area contributed by atoms with Gasteiger partial charge in [0.25, 0.3) is 0 Å². The Morgan fingerprint density at radius 2 is 2.00 bits per heavy atom. The molecule has 0 aliphatic rings. The molecule has 0 bridgehead atoms. The van der Waals surface area contributed by atoms with Crippen LogP contribution in [0, 0.1) is 0 Å². The Bertz CT molecular complexity index is 308. The summed E-state index contributed by atoms with van der Waals surface area (Å²) in [5.74, 6) is 1.40. The van der Waals surface area contributed by atoms with Crippen LogP contribution in [0.2, 0.25) is 0 Å². The van der Waals surface area contributed by atoms with E-state index in [0.717, 1.165) is 11.3 Å². The molecule has 3 heteroatoms. The first-order valence-electron chi connectivity index (χ1n) is 4.12. The van der Waals surface area contributed by atoms with E-state index < -0.39 is 0 Å². The van der Waals surface area contributed by atoms with Gasteiger partial charge in [-0.1, -0.05) is 13.8 Å². The summed E-state index contributed by atoms with van der Waals surface area (Å²) in [4.78, 5) is 0. The van der Waals surface area contributed by atoms with Crippen molar-refractivity contribution in [3.05, 3.63) is 22.2 Å². The molecule has 0 fully saturated rings. The molecule has 0 saturated heterocycles. The summed E-state index contributed by atoms with van der Waals surface area (Å²) >= 11 is 3.24. The van der Waals surface area contributed by atoms with Gasteiger partial charge in [0.1, 0.15) is 11.5 Å². The van der Waals surface area contributed by atoms with Gasteiger partial charge in [0.2, 0.25) is 0 Å². The summed E-state index contributed by atoms with van der Waals surface area (Å²) in [7, 11) is 1.63. The molecule has 0 spiro atoms. The highest BCUT2D eigenvalue weighted by Gasteiger charge is 2.10. The molecule has 13 heavy (non-hydrogen) atoms. The number of ether oxygens (including phenoxy) is 1. The molecule has 1 aromatic carbocycles. The lowest BCUT2D eigenvalue weighted by atomic mass is 10.0. The van der Waals surface area contributed by atoms with Crippen molar-refractivity contribution in [1.29, 1.82) is 0 Å². The van der Waals surface area contributed by atoms with Gasteiger partial charge in [-0.05, 0) is 34.0 Å². The van der Waals surface area contributed by atoms with Crippen LogP contribution in [0.5, 0.6) is 11.5 Å². The summed E-state index contributed by atoms with van der Waals surface area (Å²) in [6.07, 6.45) is 0. The minimum atomic E-state index is 0.254. The third-order valence-corrected chi connectivity index (χ3v) is 2.56.